The average Bonchev–Trinajstić information content (AvgIpc) is 3.06. The standard InChI is InChI=1S/C16H24N6/c1-12-7-16(18-11-17-12)20(3)15-5-6-22(10-15)9-14-8-13(2)21(4)19-14/h7-8,11,15H,5-6,9-10H2,1-4H3. The van der Waals surface area contributed by atoms with Gasteiger partial charge in [-0.2, -0.15) is 5.10 Å². The molecule has 0 N–H and O–H groups in total. The summed E-state index contributed by atoms with van der Waals surface area (Å²) in [6, 6.07) is 4.72. The maximum atomic E-state index is 4.55. The number of likely N-dealkylation sites (tertiary alicyclic amines) is 1. The summed E-state index contributed by atoms with van der Waals surface area (Å²) < 4.78 is 1.94. The lowest BCUT2D eigenvalue weighted by Gasteiger charge is -2.25. The summed E-state index contributed by atoms with van der Waals surface area (Å²) in [5.74, 6) is 1.01. The topological polar surface area (TPSA) is 50.1 Å². The van der Waals surface area contributed by atoms with Gasteiger partial charge in [-0.3, -0.25) is 9.58 Å². The molecule has 2 aromatic rings. The van der Waals surface area contributed by atoms with Crippen molar-refractivity contribution in [2.24, 2.45) is 7.05 Å². The van der Waals surface area contributed by atoms with E-state index in [0.717, 1.165) is 43.3 Å². The highest BCUT2D eigenvalue weighted by Gasteiger charge is 2.27. The van der Waals surface area contributed by atoms with Gasteiger partial charge >= 0.3 is 0 Å². The Bertz CT molecular complexity index is 630. The van der Waals surface area contributed by atoms with Gasteiger partial charge in [-0.1, -0.05) is 0 Å². The van der Waals surface area contributed by atoms with E-state index in [1.54, 1.807) is 6.33 Å². The lowest BCUT2D eigenvalue weighted by atomic mass is 10.2. The molecule has 0 aliphatic carbocycles. The third-order valence-corrected chi connectivity index (χ3v) is 4.50. The number of nitrogens with zero attached hydrogens (tertiary/aromatic N) is 6. The van der Waals surface area contributed by atoms with Crippen molar-refractivity contribution in [3.63, 3.8) is 0 Å². The maximum absolute atomic E-state index is 4.55. The van der Waals surface area contributed by atoms with Gasteiger partial charge in [-0.15, -0.1) is 0 Å². The minimum absolute atomic E-state index is 0.499. The van der Waals surface area contributed by atoms with Crippen molar-refractivity contribution in [2.75, 3.05) is 25.0 Å². The van der Waals surface area contributed by atoms with Crippen molar-refractivity contribution in [1.29, 1.82) is 0 Å². The second-order valence-electron chi connectivity index (χ2n) is 6.21. The Kier molecular flexibility index (Phi) is 4.11. The molecular weight excluding hydrogens is 276 g/mol. The summed E-state index contributed by atoms with van der Waals surface area (Å²) in [6.45, 7) is 7.18. The minimum atomic E-state index is 0.499. The molecular formula is C16H24N6. The zero-order valence-corrected chi connectivity index (χ0v) is 13.8. The van der Waals surface area contributed by atoms with Crippen LogP contribution in [0.1, 0.15) is 23.5 Å². The maximum Gasteiger partial charge on any atom is 0.132 e. The first-order valence-corrected chi connectivity index (χ1v) is 7.76. The summed E-state index contributed by atoms with van der Waals surface area (Å²) in [5.41, 5.74) is 3.37. The van der Waals surface area contributed by atoms with Crippen LogP contribution in [0, 0.1) is 13.8 Å². The first-order valence-electron chi connectivity index (χ1n) is 7.76. The van der Waals surface area contributed by atoms with Gasteiger partial charge in [0, 0.05) is 57.2 Å². The Labute approximate surface area is 131 Å². The summed E-state index contributed by atoms with van der Waals surface area (Å²) in [4.78, 5) is 13.3. The van der Waals surface area contributed by atoms with Crippen LogP contribution in [0.5, 0.6) is 0 Å². The summed E-state index contributed by atoms with van der Waals surface area (Å²) in [6.07, 6.45) is 2.80. The number of rotatable bonds is 4. The molecule has 1 aliphatic rings. The number of likely N-dealkylation sites (N-methyl/N-ethyl adjacent to an activating group) is 1. The highest BCUT2D eigenvalue weighted by molar-refractivity contribution is 5.39. The normalized spacial score (nSPS) is 18.8. The molecule has 0 bridgehead atoms. The Hall–Kier alpha value is -1.95. The fourth-order valence-electron chi connectivity index (χ4n) is 3.03. The highest BCUT2D eigenvalue weighted by Crippen LogP contribution is 2.21. The van der Waals surface area contributed by atoms with Crippen LogP contribution in [0.25, 0.3) is 0 Å². The summed E-state index contributed by atoms with van der Waals surface area (Å²) in [5, 5.41) is 4.55. The molecule has 3 rings (SSSR count). The second kappa shape index (κ2) is 6.04. The smallest absolute Gasteiger partial charge is 0.132 e. The van der Waals surface area contributed by atoms with Crippen molar-refractivity contribution in [3.05, 3.63) is 35.5 Å². The van der Waals surface area contributed by atoms with Crippen LogP contribution in [0.2, 0.25) is 0 Å². The van der Waals surface area contributed by atoms with Gasteiger partial charge in [0.25, 0.3) is 0 Å². The van der Waals surface area contributed by atoms with E-state index < -0.39 is 0 Å². The van der Waals surface area contributed by atoms with Crippen LogP contribution in [-0.4, -0.2) is 50.8 Å². The lowest BCUT2D eigenvalue weighted by Crippen LogP contribution is -2.35. The number of anilines is 1. The van der Waals surface area contributed by atoms with Crippen LogP contribution in [-0.2, 0) is 13.6 Å². The van der Waals surface area contributed by atoms with Gasteiger partial charge in [0.1, 0.15) is 12.1 Å². The zero-order valence-electron chi connectivity index (χ0n) is 13.8. The lowest BCUT2D eigenvalue weighted by molar-refractivity contribution is 0.320. The molecule has 1 saturated heterocycles. The van der Waals surface area contributed by atoms with Crippen molar-refractivity contribution < 1.29 is 0 Å². The molecule has 1 unspecified atom stereocenters. The van der Waals surface area contributed by atoms with E-state index in [1.807, 2.05) is 24.7 Å². The fourth-order valence-corrected chi connectivity index (χ4v) is 3.03. The quantitative estimate of drug-likeness (QED) is 0.857. The van der Waals surface area contributed by atoms with Crippen LogP contribution in [0.3, 0.4) is 0 Å². The van der Waals surface area contributed by atoms with Gasteiger partial charge < -0.3 is 4.90 Å². The second-order valence-corrected chi connectivity index (χ2v) is 6.21. The molecule has 1 atom stereocenters. The van der Waals surface area contributed by atoms with Crippen molar-refractivity contribution >= 4 is 5.82 Å². The average molecular weight is 300 g/mol. The van der Waals surface area contributed by atoms with E-state index in [1.165, 1.54) is 5.69 Å². The molecule has 1 aliphatic heterocycles. The van der Waals surface area contributed by atoms with Crippen molar-refractivity contribution in [1.82, 2.24) is 24.6 Å². The number of aromatic nitrogens is 4. The Balaban J connectivity index is 1.62. The molecule has 22 heavy (non-hydrogen) atoms. The molecule has 118 valence electrons. The predicted octanol–water partition coefficient (Wildman–Crippen LogP) is 1.54. The minimum Gasteiger partial charge on any atom is -0.355 e. The zero-order chi connectivity index (χ0) is 15.7. The number of aryl methyl sites for hydroxylation is 3. The predicted molar refractivity (Wildman–Crippen MR) is 86.8 cm³/mol. The van der Waals surface area contributed by atoms with E-state index in [2.05, 4.69) is 44.9 Å². The van der Waals surface area contributed by atoms with Gasteiger partial charge in [-0.05, 0) is 26.3 Å². The van der Waals surface area contributed by atoms with Crippen molar-refractivity contribution in [2.45, 2.75) is 32.9 Å². The van der Waals surface area contributed by atoms with Crippen LogP contribution >= 0.6 is 0 Å². The van der Waals surface area contributed by atoms with Gasteiger partial charge in [0.15, 0.2) is 0 Å². The fraction of sp³-hybridized carbons (Fsp3) is 0.562. The van der Waals surface area contributed by atoms with E-state index in [0.29, 0.717) is 6.04 Å². The molecule has 1 fully saturated rings. The van der Waals surface area contributed by atoms with Crippen LogP contribution < -0.4 is 4.90 Å². The number of hydrogen-bond acceptors (Lipinski definition) is 5. The van der Waals surface area contributed by atoms with Crippen LogP contribution in [0.15, 0.2) is 18.5 Å². The molecule has 0 aromatic carbocycles. The van der Waals surface area contributed by atoms with Crippen molar-refractivity contribution in [3.8, 4) is 0 Å². The molecule has 0 amide bonds. The molecule has 6 heteroatoms. The molecule has 0 saturated carbocycles. The van der Waals surface area contributed by atoms with E-state index in [9.17, 15) is 0 Å². The molecule has 3 heterocycles. The first-order chi connectivity index (χ1) is 10.5. The third-order valence-electron chi connectivity index (χ3n) is 4.50. The first kappa shape index (κ1) is 15.0. The summed E-state index contributed by atoms with van der Waals surface area (Å²) >= 11 is 0. The monoisotopic (exact) mass is 300 g/mol. The Morgan fingerprint density at radius 2 is 2.09 bits per heavy atom. The third kappa shape index (κ3) is 3.11. The molecule has 6 nitrogen and oxygen atoms in total. The number of hydrogen-bond donors (Lipinski definition) is 0. The molecule has 0 radical (unpaired) electrons. The van der Waals surface area contributed by atoms with Gasteiger partial charge in [0.05, 0.1) is 5.69 Å². The summed E-state index contributed by atoms with van der Waals surface area (Å²) in [7, 11) is 4.12. The van der Waals surface area contributed by atoms with Gasteiger partial charge in [0.2, 0.25) is 0 Å². The van der Waals surface area contributed by atoms with Crippen LogP contribution in [0.4, 0.5) is 5.82 Å². The van der Waals surface area contributed by atoms with E-state index in [-0.39, 0.29) is 0 Å². The Morgan fingerprint density at radius 1 is 1.27 bits per heavy atom. The van der Waals surface area contributed by atoms with E-state index in [4.69, 9.17) is 0 Å². The van der Waals surface area contributed by atoms with Gasteiger partial charge in [-0.25, -0.2) is 9.97 Å². The molecule has 2 aromatic heterocycles. The Morgan fingerprint density at radius 3 is 2.77 bits per heavy atom. The SMILES string of the molecule is Cc1cc(N(C)C2CCN(Cc3cc(C)n(C)n3)C2)ncn1. The largest absolute Gasteiger partial charge is 0.355 e. The highest BCUT2D eigenvalue weighted by atomic mass is 15.3. The van der Waals surface area contributed by atoms with E-state index >= 15 is 0 Å². The molecule has 0 spiro atoms.